The van der Waals surface area contributed by atoms with E-state index in [9.17, 15) is 4.79 Å². The molecule has 0 saturated carbocycles. The van der Waals surface area contributed by atoms with E-state index in [0.29, 0.717) is 26.2 Å². The summed E-state index contributed by atoms with van der Waals surface area (Å²) in [5, 5.41) is 7.87. The number of nitrogens with zero attached hydrogens (tertiary/aromatic N) is 3. The van der Waals surface area contributed by atoms with Crippen molar-refractivity contribution in [3.05, 3.63) is 17.5 Å². The zero-order valence-electron chi connectivity index (χ0n) is 13.1. The average molecular weight is 294 g/mol. The highest BCUT2D eigenvalue weighted by molar-refractivity contribution is 5.76. The van der Waals surface area contributed by atoms with Crippen molar-refractivity contribution < 1.29 is 9.53 Å². The van der Waals surface area contributed by atoms with Gasteiger partial charge in [0.1, 0.15) is 0 Å². The number of morpholine rings is 1. The van der Waals surface area contributed by atoms with E-state index < -0.39 is 0 Å². The summed E-state index contributed by atoms with van der Waals surface area (Å²) in [6, 6.07) is 2.14. The summed E-state index contributed by atoms with van der Waals surface area (Å²) in [7, 11) is 0. The van der Waals surface area contributed by atoms with Crippen molar-refractivity contribution in [2.24, 2.45) is 0 Å². The van der Waals surface area contributed by atoms with Crippen LogP contribution in [0.2, 0.25) is 0 Å². The molecule has 0 aliphatic carbocycles. The largest absolute Gasteiger partial charge is 0.378 e. The molecule has 1 aromatic heterocycles. The van der Waals surface area contributed by atoms with E-state index in [0.717, 1.165) is 38.3 Å². The Morgan fingerprint density at radius 1 is 1.38 bits per heavy atom. The molecule has 0 radical (unpaired) electrons. The van der Waals surface area contributed by atoms with Crippen molar-refractivity contribution in [1.29, 1.82) is 0 Å². The molecule has 0 atom stereocenters. The van der Waals surface area contributed by atoms with E-state index in [1.54, 1.807) is 0 Å². The number of carbonyl (C=O) groups is 1. The van der Waals surface area contributed by atoms with Crippen molar-refractivity contribution in [1.82, 2.24) is 20.0 Å². The molecule has 1 saturated heterocycles. The Morgan fingerprint density at radius 2 is 2.14 bits per heavy atom. The van der Waals surface area contributed by atoms with E-state index in [2.05, 4.69) is 30.3 Å². The Morgan fingerprint density at radius 3 is 2.81 bits per heavy atom. The molecule has 1 aliphatic rings. The van der Waals surface area contributed by atoms with E-state index in [4.69, 9.17) is 4.74 Å². The molecule has 0 aromatic carbocycles. The van der Waals surface area contributed by atoms with Gasteiger partial charge in [-0.15, -0.1) is 0 Å². The summed E-state index contributed by atoms with van der Waals surface area (Å²) in [5.74, 6) is 0.212. The van der Waals surface area contributed by atoms with Gasteiger partial charge < -0.3 is 15.0 Å². The molecule has 1 aliphatic heterocycles. The van der Waals surface area contributed by atoms with Crippen LogP contribution in [0.4, 0.5) is 0 Å². The summed E-state index contributed by atoms with van der Waals surface area (Å²) in [5.41, 5.74) is 2.31. The predicted octanol–water partition coefficient (Wildman–Crippen LogP) is 0.804. The first-order valence-electron chi connectivity index (χ1n) is 7.86. The fraction of sp³-hybridized carbons (Fsp3) is 0.733. The number of nitrogens with one attached hydrogen (secondary N) is 1. The Kier molecular flexibility index (Phi) is 6.20. The summed E-state index contributed by atoms with van der Waals surface area (Å²) in [4.78, 5) is 13.9. The van der Waals surface area contributed by atoms with Gasteiger partial charge in [0.2, 0.25) is 5.91 Å². The normalized spacial score (nSPS) is 15.4. The lowest BCUT2D eigenvalue weighted by Crippen LogP contribution is -2.41. The fourth-order valence-corrected chi connectivity index (χ4v) is 2.49. The molecule has 1 aromatic rings. The summed E-state index contributed by atoms with van der Waals surface area (Å²) >= 11 is 0. The van der Waals surface area contributed by atoms with Crippen LogP contribution in [0.1, 0.15) is 31.7 Å². The number of amides is 1. The molecular formula is C15H26N4O2. The van der Waals surface area contributed by atoms with Crippen molar-refractivity contribution in [2.45, 2.75) is 39.8 Å². The van der Waals surface area contributed by atoms with Crippen LogP contribution in [-0.2, 0) is 29.0 Å². The number of aromatic nitrogens is 2. The van der Waals surface area contributed by atoms with Crippen LogP contribution >= 0.6 is 0 Å². The van der Waals surface area contributed by atoms with Crippen LogP contribution in [0.15, 0.2) is 6.07 Å². The van der Waals surface area contributed by atoms with Crippen LogP contribution in [0.3, 0.4) is 0 Å². The Bertz CT molecular complexity index is 453. The molecule has 6 nitrogen and oxygen atoms in total. The number of aryl methyl sites for hydroxylation is 2. The average Bonchev–Trinajstić information content (AvgIpc) is 2.94. The molecular weight excluding hydrogens is 268 g/mol. The van der Waals surface area contributed by atoms with Crippen molar-refractivity contribution in [3.63, 3.8) is 0 Å². The maximum atomic E-state index is 12.0. The lowest BCUT2D eigenvalue weighted by Gasteiger charge is -2.26. The molecule has 1 fully saturated rings. The smallest absolute Gasteiger partial charge is 0.224 e. The number of hydrogen-bond donors (Lipinski definition) is 1. The molecule has 2 heterocycles. The van der Waals surface area contributed by atoms with Gasteiger partial charge in [0.25, 0.3) is 0 Å². The first kappa shape index (κ1) is 16.0. The zero-order valence-corrected chi connectivity index (χ0v) is 13.1. The quantitative estimate of drug-likeness (QED) is 0.756. The number of hydrogen-bond acceptors (Lipinski definition) is 4. The molecule has 21 heavy (non-hydrogen) atoms. The molecule has 2 rings (SSSR count). The predicted molar refractivity (Wildman–Crippen MR) is 81.0 cm³/mol. The number of rotatable bonds is 7. The van der Waals surface area contributed by atoms with E-state index in [1.165, 1.54) is 5.69 Å². The number of carbonyl (C=O) groups excluding carboxylic acids is 1. The van der Waals surface area contributed by atoms with Gasteiger partial charge in [0.05, 0.1) is 24.6 Å². The fourth-order valence-electron chi connectivity index (χ4n) is 2.49. The van der Waals surface area contributed by atoms with Crippen LogP contribution in [0, 0.1) is 0 Å². The summed E-state index contributed by atoms with van der Waals surface area (Å²) in [6.45, 7) is 9.32. The first-order valence-corrected chi connectivity index (χ1v) is 7.86. The second-order valence-electron chi connectivity index (χ2n) is 5.22. The lowest BCUT2D eigenvalue weighted by atomic mass is 10.3. The minimum atomic E-state index is 0.212. The van der Waals surface area contributed by atoms with E-state index in [-0.39, 0.29) is 5.91 Å². The molecule has 1 N–H and O–H groups in total. The van der Waals surface area contributed by atoms with Gasteiger partial charge in [-0.25, -0.2) is 0 Å². The highest BCUT2D eigenvalue weighted by atomic mass is 16.5. The second-order valence-corrected chi connectivity index (χ2v) is 5.22. The highest BCUT2D eigenvalue weighted by Crippen LogP contribution is 2.05. The standard InChI is InChI=1S/C15H26N4O2/c1-3-13-11-14(19(4-2)17-13)12-16-6-5-15(20)18-7-9-21-10-8-18/h11,16H,3-10,12H2,1-2H3. The topological polar surface area (TPSA) is 59.4 Å². The van der Waals surface area contributed by atoms with Crippen molar-refractivity contribution in [3.8, 4) is 0 Å². The Hall–Kier alpha value is -1.40. The van der Waals surface area contributed by atoms with Crippen LogP contribution in [0.25, 0.3) is 0 Å². The summed E-state index contributed by atoms with van der Waals surface area (Å²) in [6.07, 6.45) is 1.50. The third-order valence-electron chi connectivity index (χ3n) is 3.76. The minimum absolute atomic E-state index is 0.212. The van der Waals surface area contributed by atoms with Crippen LogP contribution < -0.4 is 5.32 Å². The second kappa shape index (κ2) is 8.14. The number of ether oxygens (including phenoxy) is 1. The first-order chi connectivity index (χ1) is 10.2. The molecule has 6 heteroatoms. The van der Waals surface area contributed by atoms with Crippen LogP contribution in [0.5, 0.6) is 0 Å². The third kappa shape index (κ3) is 4.54. The Balaban J connectivity index is 1.71. The van der Waals surface area contributed by atoms with Gasteiger partial charge in [-0.2, -0.15) is 5.10 Å². The SMILES string of the molecule is CCc1cc(CNCCC(=O)N2CCOCC2)n(CC)n1. The van der Waals surface area contributed by atoms with Crippen molar-refractivity contribution in [2.75, 3.05) is 32.8 Å². The van der Waals surface area contributed by atoms with Gasteiger partial charge in [0.15, 0.2) is 0 Å². The third-order valence-corrected chi connectivity index (χ3v) is 3.76. The minimum Gasteiger partial charge on any atom is -0.378 e. The molecule has 118 valence electrons. The van der Waals surface area contributed by atoms with Gasteiger partial charge in [-0.3, -0.25) is 9.48 Å². The monoisotopic (exact) mass is 294 g/mol. The lowest BCUT2D eigenvalue weighted by molar-refractivity contribution is -0.135. The maximum absolute atomic E-state index is 12.0. The zero-order chi connectivity index (χ0) is 15.1. The highest BCUT2D eigenvalue weighted by Gasteiger charge is 2.16. The maximum Gasteiger partial charge on any atom is 0.224 e. The van der Waals surface area contributed by atoms with Crippen LogP contribution in [-0.4, -0.2) is 53.4 Å². The molecule has 0 spiro atoms. The van der Waals surface area contributed by atoms with E-state index in [1.807, 2.05) is 9.58 Å². The molecule has 0 bridgehead atoms. The van der Waals surface area contributed by atoms with Gasteiger partial charge in [-0.05, 0) is 19.4 Å². The molecule has 1 amide bonds. The van der Waals surface area contributed by atoms with Gasteiger partial charge in [0, 0.05) is 39.1 Å². The van der Waals surface area contributed by atoms with E-state index >= 15 is 0 Å². The molecule has 0 unspecified atom stereocenters. The Labute approximate surface area is 126 Å². The van der Waals surface area contributed by atoms with Gasteiger partial charge in [-0.1, -0.05) is 6.92 Å². The summed E-state index contributed by atoms with van der Waals surface area (Å²) < 4.78 is 7.28. The van der Waals surface area contributed by atoms with Gasteiger partial charge >= 0.3 is 0 Å². The van der Waals surface area contributed by atoms with Crippen molar-refractivity contribution >= 4 is 5.91 Å².